The highest BCUT2D eigenvalue weighted by molar-refractivity contribution is 9.10. The molecule has 1 N–H and O–H groups in total. The topological polar surface area (TPSA) is 53.7 Å². The van der Waals surface area contributed by atoms with Crippen molar-refractivity contribution in [1.29, 1.82) is 0 Å². The lowest BCUT2D eigenvalue weighted by atomic mass is 10.1. The van der Waals surface area contributed by atoms with E-state index in [1.807, 2.05) is 18.2 Å². The molecule has 3 rings (SSSR count). The van der Waals surface area contributed by atoms with E-state index in [2.05, 4.69) is 20.8 Å². The van der Waals surface area contributed by atoms with Gasteiger partial charge in [0.15, 0.2) is 0 Å². The van der Waals surface area contributed by atoms with Crippen molar-refractivity contribution in [3.63, 3.8) is 0 Å². The predicted octanol–water partition coefficient (Wildman–Crippen LogP) is 2.51. The number of hydrogen-bond acceptors (Lipinski definition) is 4. The zero-order chi connectivity index (χ0) is 14.1. The van der Waals surface area contributed by atoms with Gasteiger partial charge in [0.1, 0.15) is 5.58 Å². The molecule has 1 fully saturated rings. The zero-order valence-corrected chi connectivity index (χ0v) is 12.6. The lowest BCUT2D eigenvalue weighted by Gasteiger charge is -2.30. The summed E-state index contributed by atoms with van der Waals surface area (Å²) in [6.07, 6.45) is 1.59. The number of halogens is 1. The first-order chi connectivity index (χ1) is 9.61. The minimum Gasteiger partial charge on any atom is -0.423 e. The number of hydrogen-bond donors (Lipinski definition) is 1. The molecule has 20 heavy (non-hydrogen) atoms. The van der Waals surface area contributed by atoms with Crippen LogP contribution in [0.1, 0.15) is 18.4 Å². The Balaban J connectivity index is 1.96. The van der Waals surface area contributed by atoms with E-state index in [1.54, 1.807) is 6.07 Å². The second kappa shape index (κ2) is 5.68. The highest BCUT2D eigenvalue weighted by Crippen LogP contribution is 2.23. The van der Waals surface area contributed by atoms with Crippen LogP contribution in [0.25, 0.3) is 11.0 Å². The summed E-state index contributed by atoms with van der Waals surface area (Å²) in [4.78, 5) is 13.9. The number of benzene rings is 1. The number of aliphatic hydroxyl groups excluding tert-OH is 1. The van der Waals surface area contributed by atoms with Crippen LogP contribution in [-0.2, 0) is 6.54 Å². The number of rotatable bonds is 2. The Bertz CT molecular complexity index is 682. The van der Waals surface area contributed by atoms with Crippen molar-refractivity contribution in [2.24, 2.45) is 0 Å². The molecule has 0 aliphatic carbocycles. The van der Waals surface area contributed by atoms with Gasteiger partial charge in [0, 0.05) is 29.0 Å². The molecule has 1 aliphatic heterocycles. The summed E-state index contributed by atoms with van der Waals surface area (Å²) in [5.41, 5.74) is 1.22. The van der Waals surface area contributed by atoms with Gasteiger partial charge in [-0.15, -0.1) is 0 Å². The Morgan fingerprint density at radius 2 is 2.25 bits per heavy atom. The molecule has 2 heterocycles. The van der Waals surface area contributed by atoms with Gasteiger partial charge < -0.3 is 9.52 Å². The summed E-state index contributed by atoms with van der Waals surface area (Å²) >= 11 is 3.38. The molecule has 1 atom stereocenters. The van der Waals surface area contributed by atoms with Crippen LogP contribution in [0.3, 0.4) is 0 Å². The van der Waals surface area contributed by atoms with Crippen molar-refractivity contribution in [3.05, 3.63) is 44.7 Å². The number of nitrogens with zero attached hydrogens (tertiary/aromatic N) is 1. The van der Waals surface area contributed by atoms with E-state index in [1.165, 1.54) is 0 Å². The smallest absolute Gasteiger partial charge is 0.336 e. The third kappa shape index (κ3) is 2.95. The molecular weight excluding hydrogens is 322 g/mol. The molecule has 1 saturated heterocycles. The Morgan fingerprint density at radius 3 is 3.05 bits per heavy atom. The standard InChI is InChI=1S/C15H16BrNO3/c16-11-3-4-13-10(6-15(19)20-14(13)7-11)8-17-5-1-2-12(18)9-17/h3-4,6-7,12,18H,1-2,5,8-9H2/t12-/m0/s1. The van der Waals surface area contributed by atoms with E-state index < -0.39 is 0 Å². The first-order valence-corrected chi connectivity index (χ1v) is 7.54. The van der Waals surface area contributed by atoms with Gasteiger partial charge in [0.25, 0.3) is 0 Å². The Hall–Kier alpha value is -1.17. The van der Waals surface area contributed by atoms with Gasteiger partial charge >= 0.3 is 5.63 Å². The molecule has 2 aromatic rings. The Labute approximate surface area is 125 Å². The lowest BCUT2D eigenvalue weighted by molar-refractivity contribution is 0.0670. The molecule has 106 valence electrons. The molecule has 0 radical (unpaired) electrons. The van der Waals surface area contributed by atoms with E-state index in [0.29, 0.717) is 18.7 Å². The Morgan fingerprint density at radius 1 is 1.40 bits per heavy atom. The zero-order valence-electron chi connectivity index (χ0n) is 11.0. The fraction of sp³-hybridized carbons (Fsp3) is 0.400. The minimum absolute atomic E-state index is 0.260. The van der Waals surface area contributed by atoms with Crippen LogP contribution in [0.5, 0.6) is 0 Å². The second-order valence-corrected chi connectivity index (χ2v) is 6.18. The average Bonchev–Trinajstić information content (AvgIpc) is 2.37. The van der Waals surface area contributed by atoms with Crippen LogP contribution in [0, 0.1) is 0 Å². The summed E-state index contributed by atoms with van der Waals surface area (Å²) < 4.78 is 6.13. The maximum absolute atomic E-state index is 11.7. The van der Waals surface area contributed by atoms with E-state index >= 15 is 0 Å². The van der Waals surface area contributed by atoms with Gasteiger partial charge in [-0.2, -0.15) is 0 Å². The SMILES string of the molecule is O=c1cc(CN2CCC[C@H](O)C2)c2ccc(Br)cc2o1. The molecule has 1 aliphatic rings. The van der Waals surface area contributed by atoms with Crippen LogP contribution in [0.2, 0.25) is 0 Å². The summed E-state index contributed by atoms with van der Waals surface area (Å²) in [6.45, 7) is 2.29. The van der Waals surface area contributed by atoms with Gasteiger partial charge in [-0.3, -0.25) is 4.90 Å². The van der Waals surface area contributed by atoms with Crippen LogP contribution >= 0.6 is 15.9 Å². The van der Waals surface area contributed by atoms with Crippen molar-refractivity contribution in [3.8, 4) is 0 Å². The third-order valence-corrected chi connectivity index (χ3v) is 4.16. The van der Waals surface area contributed by atoms with Crippen LogP contribution in [0.4, 0.5) is 0 Å². The van der Waals surface area contributed by atoms with Gasteiger partial charge in [0.2, 0.25) is 0 Å². The molecule has 0 spiro atoms. The lowest BCUT2D eigenvalue weighted by Crippen LogP contribution is -2.37. The van der Waals surface area contributed by atoms with Crippen LogP contribution < -0.4 is 5.63 Å². The monoisotopic (exact) mass is 337 g/mol. The number of β-amino-alcohol motifs (C(OH)–C–C–N with tert-alkyl or cyclic N) is 1. The second-order valence-electron chi connectivity index (χ2n) is 5.26. The summed E-state index contributed by atoms with van der Waals surface area (Å²) in [5, 5.41) is 10.7. The van der Waals surface area contributed by atoms with Gasteiger partial charge in [-0.25, -0.2) is 4.79 Å². The van der Waals surface area contributed by atoms with Gasteiger partial charge in [-0.05, 0) is 43.1 Å². The van der Waals surface area contributed by atoms with E-state index in [0.717, 1.165) is 34.8 Å². The van der Waals surface area contributed by atoms with Crippen molar-refractivity contribution in [1.82, 2.24) is 4.90 Å². The first-order valence-electron chi connectivity index (χ1n) is 6.74. The molecule has 0 amide bonds. The Kier molecular flexibility index (Phi) is 3.92. The summed E-state index contributed by atoms with van der Waals surface area (Å²) in [5.74, 6) is 0. The van der Waals surface area contributed by atoms with Crippen molar-refractivity contribution in [2.75, 3.05) is 13.1 Å². The molecule has 5 heteroatoms. The van der Waals surface area contributed by atoms with Gasteiger partial charge in [0.05, 0.1) is 6.10 Å². The van der Waals surface area contributed by atoms with Crippen molar-refractivity contribution >= 4 is 26.9 Å². The normalized spacial score (nSPS) is 20.4. The summed E-state index contributed by atoms with van der Waals surface area (Å²) in [6, 6.07) is 7.26. The fourth-order valence-corrected chi connectivity index (χ4v) is 3.09. The first kappa shape index (κ1) is 13.8. The fourth-order valence-electron chi connectivity index (χ4n) is 2.75. The quantitative estimate of drug-likeness (QED) is 0.855. The maximum atomic E-state index is 11.7. The number of aliphatic hydroxyl groups is 1. The molecule has 1 aromatic carbocycles. The number of fused-ring (bicyclic) bond motifs is 1. The average molecular weight is 338 g/mol. The van der Waals surface area contributed by atoms with Crippen LogP contribution in [0.15, 0.2) is 37.9 Å². The van der Waals surface area contributed by atoms with Crippen molar-refractivity contribution in [2.45, 2.75) is 25.5 Å². The van der Waals surface area contributed by atoms with E-state index in [-0.39, 0.29) is 11.7 Å². The molecular formula is C15H16BrNO3. The molecule has 4 nitrogen and oxygen atoms in total. The summed E-state index contributed by atoms with van der Waals surface area (Å²) in [7, 11) is 0. The van der Waals surface area contributed by atoms with E-state index in [4.69, 9.17) is 4.42 Å². The highest BCUT2D eigenvalue weighted by Gasteiger charge is 2.18. The van der Waals surface area contributed by atoms with Crippen molar-refractivity contribution < 1.29 is 9.52 Å². The number of piperidine rings is 1. The highest BCUT2D eigenvalue weighted by atomic mass is 79.9. The largest absolute Gasteiger partial charge is 0.423 e. The van der Waals surface area contributed by atoms with Crippen LogP contribution in [-0.4, -0.2) is 29.2 Å². The number of likely N-dealkylation sites (tertiary alicyclic amines) is 1. The van der Waals surface area contributed by atoms with E-state index in [9.17, 15) is 9.90 Å². The predicted molar refractivity (Wildman–Crippen MR) is 80.7 cm³/mol. The minimum atomic E-state index is -0.330. The third-order valence-electron chi connectivity index (χ3n) is 3.67. The van der Waals surface area contributed by atoms with Gasteiger partial charge in [-0.1, -0.05) is 15.9 Å². The molecule has 0 bridgehead atoms. The maximum Gasteiger partial charge on any atom is 0.336 e. The molecule has 0 unspecified atom stereocenters. The molecule has 0 saturated carbocycles. The molecule has 1 aromatic heterocycles.